The summed E-state index contributed by atoms with van der Waals surface area (Å²) in [5, 5.41) is 3.33. The summed E-state index contributed by atoms with van der Waals surface area (Å²) in [4.78, 5) is 1.22. The molecule has 3 heteroatoms. The highest BCUT2D eigenvalue weighted by Gasteiger charge is 2.08. The number of thiophene rings is 1. The molecule has 0 aliphatic carbocycles. The van der Waals surface area contributed by atoms with Crippen molar-refractivity contribution in [3.05, 3.63) is 46.3 Å². The summed E-state index contributed by atoms with van der Waals surface area (Å²) in [6, 6.07) is 13.1. The Morgan fingerprint density at radius 1 is 1.29 bits per heavy atom. The van der Waals surface area contributed by atoms with E-state index in [0.29, 0.717) is 6.04 Å². The van der Waals surface area contributed by atoms with Gasteiger partial charge in [0.25, 0.3) is 0 Å². The average molecular weight is 266 g/mol. The maximum atomic E-state index is 5.97. The minimum Gasteiger partial charge on any atom is -0.313 e. The Labute approximate surface area is 111 Å². The van der Waals surface area contributed by atoms with Gasteiger partial charge in [0, 0.05) is 10.9 Å². The van der Waals surface area contributed by atoms with E-state index in [1.54, 1.807) is 11.3 Å². The predicted octanol–water partition coefficient (Wildman–Crippen LogP) is 4.74. The van der Waals surface area contributed by atoms with Crippen LogP contribution < -0.4 is 5.32 Å². The van der Waals surface area contributed by atoms with Gasteiger partial charge in [-0.15, -0.1) is 11.3 Å². The first kappa shape index (κ1) is 12.6. The highest BCUT2D eigenvalue weighted by atomic mass is 35.5. The molecular weight excluding hydrogens is 250 g/mol. The van der Waals surface area contributed by atoms with Gasteiger partial charge in [0.15, 0.2) is 0 Å². The van der Waals surface area contributed by atoms with Crippen LogP contribution in [0.5, 0.6) is 0 Å². The Hall–Kier alpha value is -0.830. The van der Waals surface area contributed by atoms with Crippen molar-refractivity contribution in [3.8, 4) is 10.4 Å². The summed E-state index contributed by atoms with van der Waals surface area (Å²) in [5.74, 6) is 0. The molecule has 1 nitrogen and oxygen atoms in total. The molecule has 0 bridgehead atoms. The Kier molecular flexibility index (Phi) is 4.21. The zero-order valence-electron chi connectivity index (χ0n) is 10.0. The number of hydrogen-bond donors (Lipinski definition) is 1. The lowest BCUT2D eigenvalue weighted by Gasteiger charge is -2.14. The van der Waals surface area contributed by atoms with Crippen molar-refractivity contribution in [2.24, 2.45) is 0 Å². The van der Waals surface area contributed by atoms with E-state index in [-0.39, 0.29) is 0 Å². The summed E-state index contributed by atoms with van der Waals surface area (Å²) >= 11 is 7.59. The molecule has 1 atom stereocenters. The molecule has 1 aromatic heterocycles. The molecule has 90 valence electrons. The average Bonchev–Trinajstić information content (AvgIpc) is 2.78. The van der Waals surface area contributed by atoms with Gasteiger partial charge in [0.2, 0.25) is 0 Å². The van der Waals surface area contributed by atoms with Crippen molar-refractivity contribution < 1.29 is 0 Å². The van der Waals surface area contributed by atoms with Gasteiger partial charge >= 0.3 is 0 Å². The topological polar surface area (TPSA) is 12.0 Å². The van der Waals surface area contributed by atoms with Crippen molar-refractivity contribution in [1.29, 1.82) is 0 Å². The van der Waals surface area contributed by atoms with E-state index >= 15 is 0 Å². The lowest BCUT2D eigenvalue weighted by Crippen LogP contribution is -2.14. The molecule has 1 N–H and O–H groups in total. The molecule has 0 fully saturated rings. The smallest absolute Gasteiger partial charge is 0.0934 e. The number of nitrogens with one attached hydrogen (secondary N) is 1. The summed E-state index contributed by atoms with van der Waals surface area (Å²) in [6.45, 7) is 2.19. The second-order valence-electron chi connectivity index (χ2n) is 3.98. The van der Waals surface area contributed by atoms with Crippen LogP contribution >= 0.6 is 22.9 Å². The number of benzene rings is 1. The number of rotatable bonds is 4. The van der Waals surface area contributed by atoms with Crippen LogP contribution in [0.1, 0.15) is 24.9 Å². The zero-order valence-corrected chi connectivity index (χ0v) is 11.6. The van der Waals surface area contributed by atoms with E-state index in [0.717, 1.165) is 10.8 Å². The fourth-order valence-electron chi connectivity index (χ4n) is 1.98. The van der Waals surface area contributed by atoms with Crippen LogP contribution in [0.4, 0.5) is 0 Å². The minimum absolute atomic E-state index is 0.422. The van der Waals surface area contributed by atoms with Crippen molar-refractivity contribution in [1.82, 2.24) is 5.32 Å². The Morgan fingerprint density at radius 2 is 2.12 bits per heavy atom. The fourth-order valence-corrected chi connectivity index (χ4v) is 3.02. The summed E-state index contributed by atoms with van der Waals surface area (Å²) < 4.78 is 0.839. The summed E-state index contributed by atoms with van der Waals surface area (Å²) in [6.07, 6.45) is 1.09. The van der Waals surface area contributed by atoms with Crippen LogP contribution in [0.2, 0.25) is 4.34 Å². The molecule has 0 aliphatic heterocycles. The molecule has 0 amide bonds. The molecule has 0 spiro atoms. The molecular formula is C14H16ClNS. The van der Waals surface area contributed by atoms with E-state index in [2.05, 4.69) is 42.6 Å². The van der Waals surface area contributed by atoms with E-state index in [9.17, 15) is 0 Å². The van der Waals surface area contributed by atoms with Gasteiger partial charge in [0.05, 0.1) is 4.34 Å². The minimum atomic E-state index is 0.422. The molecule has 1 heterocycles. The monoisotopic (exact) mass is 265 g/mol. The van der Waals surface area contributed by atoms with Crippen LogP contribution in [0, 0.1) is 0 Å². The standard InChI is InChI=1S/C14H16ClNS/c1-3-12(16-2)10-5-4-6-11(9-10)13-7-8-14(15)17-13/h4-9,12,16H,3H2,1-2H3. The largest absolute Gasteiger partial charge is 0.313 e. The molecule has 1 aromatic carbocycles. The molecule has 17 heavy (non-hydrogen) atoms. The highest BCUT2D eigenvalue weighted by molar-refractivity contribution is 7.19. The van der Waals surface area contributed by atoms with Crippen LogP contribution in [0.25, 0.3) is 10.4 Å². The first-order valence-corrected chi connectivity index (χ1v) is 6.97. The van der Waals surface area contributed by atoms with Crippen LogP contribution in [0.15, 0.2) is 36.4 Å². The van der Waals surface area contributed by atoms with Gasteiger partial charge in [-0.2, -0.15) is 0 Å². The maximum Gasteiger partial charge on any atom is 0.0934 e. The Balaban J connectivity index is 2.34. The van der Waals surface area contributed by atoms with Gasteiger partial charge in [0.1, 0.15) is 0 Å². The SMILES string of the molecule is CCC(NC)c1cccc(-c2ccc(Cl)s2)c1. The Bertz CT molecular complexity index is 488. The predicted molar refractivity (Wildman–Crippen MR) is 76.9 cm³/mol. The van der Waals surface area contributed by atoms with E-state index in [4.69, 9.17) is 11.6 Å². The van der Waals surface area contributed by atoms with E-state index in [1.807, 2.05) is 13.1 Å². The third-order valence-electron chi connectivity index (χ3n) is 2.90. The molecule has 2 aromatic rings. The van der Waals surface area contributed by atoms with Crippen molar-refractivity contribution in [2.45, 2.75) is 19.4 Å². The quantitative estimate of drug-likeness (QED) is 0.842. The third kappa shape index (κ3) is 2.89. The van der Waals surface area contributed by atoms with Gasteiger partial charge in [-0.3, -0.25) is 0 Å². The van der Waals surface area contributed by atoms with E-state index in [1.165, 1.54) is 16.0 Å². The zero-order chi connectivity index (χ0) is 12.3. The fraction of sp³-hybridized carbons (Fsp3) is 0.286. The molecule has 1 unspecified atom stereocenters. The molecule has 0 saturated carbocycles. The van der Waals surface area contributed by atoms with Crippen molar-refractivity contribution >= 4 is 22.9 Å². The molecule has 0 radical (unpaired) electrons. The van der Waals surface area contributed by atoms with Gasteiger partial charge < -0.3 is 5.32 Å². The maximum absolute atomic E-state index is 5.97. The Morgan fingerprint density at radius 3 is 2.71 bits per heavy atom. The van der Waals surface area contributed by atoms with Gasteiger partial charge in [-0.1, -0.05) is 36.7 Å². The second-order valence-corrected chi connectivity index (χ2v) is 5.69. The first-order valence-electron chi connectivity index (χ1n) is 5.77. The number of hydrogen-bond acceptors (Lipinski definition) is 2. The first-order chi connectivity index (χ1) is 8.24. The molecule has 0 saturated heterocycles. The van der Waals surface area contributed by atoms with Crippen molar-refractivity contribution in [3.63, 3.8) is 0 Å². The molecule has 2 rings (SSSR count). The van der Waals surface area contributed by atoms with Crippen LogP contribution in [0.3, 0.4) is 0 Å². The van der Waals surface area contributed by atoms with Crippen LogP contribution in [-0.4, -0.2) is 7.05 Å². The van der Waals surface area contributed by atoms with Crippen molar-refractivity contribution in [2.75, 3.05) is 7.05 Å². The molecule has 0 aliphatic rings. The van der Waals surface area contributed by atoms with E-state index < -0.39 is 0 Å². The lowest BCUT2D eigenvalue weighted by molar-refractivity contribution is 0.577. The summed E-state index contributed by atoms with van der Waals surface area (Å²) in [7, 11) is 2.00. The summed E-state index contributed by atoms with van der Waals surface area (Å²) in [5.41, 5.74) is 2.57. The highest BCUT2D eigenvalue weighted by Crippen LogP contribution is 2.32. The normalized spacial score (nSPS) is 12.6. The van der Waals surface area contributed by atoms with Gasteiger partial charge in [-0.05, 0) is 42.8 Å². The lowest BCUT2D eigenvalue weighted by atomic mass is 10.0. The second kappa shape index (κ2) is 5.67. The van der Waals surface area contributed by atoms with Crippen LogP contribution in [-0.2, 0) is 0 Å². The third-order valence-corrected chi connectivity index (χ3v) is 4.18. The van der Waals surface area contributed by atoms with Gasteiger partial charge in [-0.25, -0.2) is 0 Å². The number of halogens is 1.